The van der Waals surface area contributed by atoms with Crippen molar-refractivity contribution in [2.75, 3.05) is 14.1 Å². The number of carbonyl (C=O) groups excluding carboxylic acids is 3. The van der Waals surface area contributed by atoms with Crippen molar-refractivity contribution < 1.29 is 14.4 Å². The minimum Gasteiger partial charge on any atom is -0.272 e. The average Bonchev–Trinajstić information content (AvgIpc) is 2.30. The van der Waals surface area contributed by atoms with Gasteiger partial charge in [-0.2, -0.15) is 5.26 Å². The van der Waals surface area contributed by atoms with E-state index in [1.807, 2.05) is 0 Å². The van der Waals surface area contributed by atoms with Gasteiger partial charge in [0.1, 0.15) is 5.40 Å². The first-order valence-electron chi connectivity index (χ1n) is 4.59. The molecule has 1 aliphatic rings. The van der Waals surface area contributed by atoms with E-state index >= 15 is 0 Å². The Bertz CT molecular complexity index is 377. The Hall–Kier alpha value is -1.55. The predicted molar refractivity (Wildman–Crippen MR) is 57.2 cm³/mol. The van der Waals surface area contributed by atoms with Gasteiger partial charge in [-0.05, 0) is 18.2 Å². The molecule has 7 heteroatoms. The molecule has 1 rings (SSSR count). The number of imide groups is 2. The second-order valence-corrected chi connectivity index (χ2v) is 4.47. The van der Waals surface area contributed by atoms with Gasteiger partial charge in [-0.1, -0.05) is 6.92 Å². The van der Waals surface area contributed by atoms with Gasteiger partial charge < -0.3 is 0 Å². The zero-order chi connectivity index (χ0) is 12.5. The van der Waals surface area contributed by atoms with Gasteiger partial charge in [0.25, 0.3) is 11.8 Å². The maximum Gasteiger partial charge on any atom is 0.332 e. The first kappa shape index (κ1) is 12.5. The van der Waals surface area contributed by atoms with E-state index < -0.39 is 22.6 Å². The van der Waals surface area contributed by atoms with Crippen molar-refractivity contribution in [1.29, 1.82) is 5.26 Å². The highest BCUT2D eigenvalue weighted by Crippen LogP contribution is 2.35. The summed E-state index contributed by atoms with van der Waals surface area (Å²) in [5, 5.41) is 10.4. The van der Waals surface area contributed by atoms with E-state index in [9.17, 15) is 14.4 Å². The Kier molecular flexibility index (Phi) is 3.24. The van der Waals surface area contributed by atoms with Crippen LogP contribution in [-0.2, 0) is 9.59 Å². The van der Waals surface area contributed by atoms with E-state index in [1.54, 1.807) is 12.3 Å². The highest BCUT2D eigenvalue weighted by Gasteiger charge is 2.55. The highest BCUT2D eigenvalue weighted by molar-refractivity contribution is 8.06. The van der Waals surface area contributed by atoms with Gasteiger partial charge in [-0.3, -0.25) is 19.4 Å². The molecule has 0 spiro atoms. The average molecular weight is 241 g/mol. The van der Waals surface area contributed by atoms with Crippen LogP contribution in [0.3, 0.4) is 0 Å². The molecule has 0 atom stereocenters. The minimum atomic E-state index is -1.48. The number of hydrogen-bond donors (Lipinski definition) is 0. The standard InChI is InChI=1S/C9H11N3O3S/c1-4-9(16-5-10)6(13)11(2)8(15)12(3)7(9)14/h4H2,1-3H3. The summed E-state index contributed by atoms with van der Waals surface area (Å²) in [5.41, 5.74) is 0. The summed E-state index contributed by atoms with van der Waals surface area (Å²) in [6, 6.07) is -0.669. The summed E-state index contributed by atoms with van der Waals surface area (Å²) >= 11 is 0.596. The molecule has 0 aromatic heterocycles. The molecule has 0 aromatic rings. The third-order valence-electron chi connectivity index (χ3n) is 2.59. The molecule has 0 aliphatic carbocycles. The Morgan fingerprint density at radius 2 is 1.69 bits per heavy atom. The number of hydrogen-bond acceptors (Lipinski definition) is 5. The van der Waals surface area contributed by atoms with Crippen molar-refractivity contribution >= 4 is 29.6 Å². The van der Waals surface area contributed by atoms with Gasteiger partial charge >= 0.3 is 6.03 Å². The summed E-state index contributed by atoms with van der Waals surface area (Å²) in [6.07, 6.45) is 0.171. The number of thioether (sulfide) groups is 1. The fourth-order valence-corrected chi connectivity index (χ4v) is 2.32. The molecule has 16 heavy (non-hydrogen) atoms. The Morgan fingerprint density at radius 3 is 2.00 bits per heavy atom. The molecule has 0 bridgehead atoms. The van der Waals surface area contributed by atoms with Crippen LogP contribution in [0.15, 0.2) is 0 Å². The molecular weight excluding hydrogens is 230 g/mol. The molecule has 0 saturated carbocycles. The number of urea groups is 1. The third kappa shape index (κ3) is 1.46. The lowest BCUT2D eigenvalue weighted by Gasteiger charge is -2.38. The molecule has 6 nitrogen and oxygen atoms in total. The van der Waals surface area contributed by atoms with Crippen molar-refractivity contribution in [3.63, 3.8) is 0 Å². The summed E-state index contributed by atoms with van der Waals surface area (Å²) in [4.78, 5) is 37.1. The summed E-state index contributed by atoms with van der Waals surface area (Å²) in [7, 11) is 2.60. The van der Waals surface area contributed by atoms with Crippen LogP contribution >= 0.6 is 11.8 Å². The molecule has 1 heterocycles. The van der Waals surface area contributed by atoms with Crippen LogP contribution in [0, 0.1) is 10.7 Å². The highest BCUT2D eigenvalue weighted by atomic mass is 32.2. The normalized spacial score (nSPS) is 20.0. The SMILES string of the molecule is CCC1(SC#N)C(=O)N(C)C(=O)N(C)C1=O. The predicted octanol–water partition coefficient (Wildman–Crippen LogP) is 0.400. The molecule has 0 N–H and O–H groups in total. The first-order valence-corrected chi connectivity index (χ1v) is 5.41. The molecule has 1 aliphatic heterocycles. The molecule has 0 aromatic carbocycles. The Morgan fingerprint density at radius 1 is 1.25 bits per heavy atom. The lowest BCUT2D eigenvalue weighted by molar-refractivity contribution is -0.145. The summed E-state index contributed by atoms with van der Waals surface area (Å²) in [5.74, 6) is -1.26. The van der Waals surface area contributed by atoms with E-state index in [0.29, 0.717) is 11.8 Å². The van der Waals surface area contributed by atoms with Crippen LogP contribution in [0.4, 0.5) is 4.79 Å². The number of carbonyl (C=O) groups is 3. The van der Waals surface area contributed by atoms with Gasteiger partial charge in [0.15, 0.2) is 4.75 Å². The molecule has 4 amide bonds. The van der Waals surface area contributed by atoms with Crippen LogP contribution in [0.1, 0.15) is 13.3 Å². The van der Waals surface area contributed by atoms with Crippen molar-refractivity contribution in [3.8, 4) is 5.40 Å². The molecule has 86 valence electrons. The van der Waals surface area contributed by atoms with Crippen LogP contribution in [0.2, 0.25) is 0 Å². The first-order chi connectivity index (χ1) is 7.42. The van der Waals surface area contributed by atoms with E-state index in [0.717, 1.165) is 9.80 Å². The van der Waals surface area contributed by atoms with Crippen LogP contribution in [0.5, 0.6) is 0 Å². The number of nitriles is 1. The lowest BCUT2D eigenvalue weighted by Crippen LogP contribution is -2.65. The lowest BCUT2D eigenvalue weighted by atomic mass is 10.00. The van der Waals surface area contributed by atoms with Crippen LogP contribution < -0.4 is 0 Å². The molecule has 1 saturated heterocycles. The molecule has 0 radical (unpaired) electrons. The topological polar surface area (TPSA) is 81.5 Å². The fraction of sp³-hybridized carbons (Fsp3) is 0.556. The minimum absolute atomic E-state index is 0.171. The zero-order valence-corrected chi connectivity index (χ0v) is 10.00. The Labute approximate surface area is 97.2 Å². The maximum atomic E-state index is 11.9. The number of thiocyanates is 1. The van der Waals surface area contributed by atoms with Gasteiger partial charge in [0, 0.05) is 14.1 Å². The maximum absolute atomic E-state index is 11.9. The number of nitrogens with zero attached hydrogens (tertiary/aromatic N) is 3. The number of rotatable bonds is 2. The third-order valence-corrected chi connectivity index (χ3v) is 3.67. The quantitative estimate of drug-likeness (QED) is 0.516. The molecule has 0 unspecified atom stereocenters. The van der Waals surface area contributed by atoms with Crippen molar-refractivity contribution in [1.82, 2.24) is 9.80 Å². The molecule has 1 fully saturated rings. The van der Waals surface area contributed by atoms with E-state index in [-0.39, 0.29) is 6.42 Å². The van der Waals surface area contributed by atoms with Crippen LogP contribution in [0.25, 0.3) is 0 Å². The number of barbiturate groups is 1. The second-order valence-electron chi connectivity index (χ2n) is 3.38. The van der Waals surface area contributed by atoms with Gasteiger partial charge in [-0.25, -0.2) is 4.79 Å². The Balaban J connectivity index is 3.27. The van der Waals surface area contributed by atoms with Gasteiger partial charge in [0.2, 0.25) is 0 Å². The largest absolute Gasteiger partial charge is 0.332 e. The van der Waals surface area contributed by atoms with Gasteiger partial charge in [0.05, 0.1) is 0 Å². The van der Waals surface area contributed by atoms with Crippen molar-refractivity contribution in [2.24, 2.45) is 0 Å². The zero-order valence-electron chi connectivity index (χ0n) is 9.18. The van der Waals surface area contributed by atoms with Crippen molar-refractivity contribution in [3.05, 3.63) is 0 Å². The number of amides is 4. The summed E-state index contributed by atoms with van der Waals surface area (Å²) in [6.45, 7) is 1.64. The van der Waals surface area contributed by atoms with E-state index in [2.05, 4.69) is 0 Å². The monoisotopic (exact) mass is 241 g/mol. The van der Waals surface area contributed by atoms with Crippen LogP contribution in [-0.4, -0.2) is 46.5 Å². The smallest absolute Gasteiger partial charge is 0.272 e. The summed E-state index contributed by atoms with van der Waals surface area (Å²) < 4.78 is -1.48. The van der Waals surface area contributed by atoms with Crippen molar-refractivity contribution in [2.45, 2.75) is 18.1 Å². The van der Waals surface area contributed by atoms with E-state index in [1.165, 1.54) is 14.1 Å². The second kappa shape index (κ2) is 4.14. The fourth-order valence-electron chi connectivity index (χ4n) is 1.57. The molecular formula is C9H11N3O3S. The van der Waals surface area contributed by atoms with Gasteiger partial charge in [-0.15, -0.1) is 0 Å². The van der Waals surface area contributed by atoms with E-state index in [4.69, 9.17) is 5.26 Å².